The van der Waals surface area contributed by atoms with E-state index in [0.29, 0.717) is 18.5 Å². The number of aromatic nitrogens is 2. The summed E-state index contributed by atoms with van der Waals surface area (Å²) in [5.74, 6) is -0.0409. The number of hydrogen-bond acceptors (Lipinski definition) is 3. The summed E-state index contributed by atoms with van der Waals surface area (Å²) in [6.07, 6.45) is 1.37. The molecule has 0 fully saturated rings. The molecule has 1 aromatic rings. The molecular weight excluding hydrogens is 251 g/mol. The molecule has 1 aromatic heterocycles. The molecule has 0 atom stereocenters. The van der Waals surface area contributed by atoms with Crippen LogP contribution in [0.1, 0.15) is 25.2 Å². The highest BCUT2D eigenvalue weighted by Crippen LogP contribution is 2.30. The number of nitrogens with two attached hydrogens (primary N) is 1. The lowest BCUT2D eigenvalue weighted by atomic mass is 10.2. The minimum absolute atomic E-state index is 0.0313. The first-order valence-corrected chi connectivity index (χ1v) is 6.42. The highest BCUT2D eigenvalue weighted by atomic mass is 32.2. The normalized spacial score (nSPS) is 12.1. The van der Waals surface area contributed by atoms with Crippen molar-refractivity contribution in [3.63, 3.8) is 0 Å². The van der Waals surface area contributed by atoms with Gasteiger partial charge in [-0.25, -0.2) is 0 Å². The molecule has 2 N–H and O–H groups in total. The van der Waals surface area contributed by atoms with Gasteiger partial charge in [0.25, 0.3) is 0 Å². The number of thioether (sulfide) groups is 1. The number of anilines is 1. The van der Waals surface area contributed by atoms with E-state index in [0.717, 1.165) is 11.4 Å². The summed E-state index contributed by atoms with van der Waals surface area (Å²) in [7, 11) is 0. The van der Waals surface area contributed by atoms with E-state index in [1.54, 1.807) is 4.68 Å². The first-order valence-electron chi connectivity index (χ1n) is 5.43. The van der Waals surface area contributed by atoms with Crippen LogP contribution in [0.5, 0.6) is 0 Å². The van der Waals surface area contributed by atoms with Crippen molar-refractivity contribution in [1.29, 1.82) is 0 Å². The lowest BCUT2D eigenvalue weighted by molar-refractivity contribution is -0.0328. The number of hydrogen-bond donors (Lipinski definition) is 1. The standard InChI is InChI=1S/C10H16F3N3S/c1-3-7-9(14)8(4-2)16(15-7)5-6-17-10(11,12)13/h3-6,14H2,1-2H3. The Morgan fingerprint density at radius 3 is 2.41 bits per heavy atom. The van der Waals surface area contributed by atoms with Crippen LogP contribution < -0.4 is 5.73 Å². The average Bonchev–Trinajstić information content (AvgIpc) is 2.53. The van der Waals surface area contributed by atoms with E-state index in [4.69, 9.17) is 5.73 Å². The van der Waals surface area contributed by atoms with Crippen molar-refractivity contribution >= 4 is 17.4 Å². The van der Waals surface area contributed by atoms with Crippen LogP contribution >= 0.6 is 11.8 Å². The third-order valence-corrected chi connectivity index (χ3v) is 3.13. The summed E-state index contributed by atoms with van der Waals surface area (Å²) in [5.41, 5.74) is 3.89. The van der Waals surface area contributed by atoms with Gasteiger partial charge in [0.15, 0.2) is 0 Å². The molecule has 0 bridgehead atoms. The molecule has 0 spiro atoms. The van der Waals surface area contributed by atoms with Crippen LogP contribution in [0.2, 0.25) is 0 Å². The third kappa shape index (κ3) is 3.83. The van der Waals surface area contributed by atoms with Gasteiger partial charge in [0.05, 0.1) is 23.6 Å². The number of alkyl halides is 3. The molecule has 98 valence electrons. The van der Waals surface area contributed by atoms with Crippen molar-refractivity contribution in [2.45, 2.75) is 38.7 Å². The lowest BCUT2D eigenvalue weighted by Crippen LogP contribution is -2.10. The first kappa shape index (κ1) is 14.2. The fourth-order valence-corrected chi connectivity index (χ4v) is 2.13. The number of nitrogens with zero attached hydrogens (tertiary/aromatic N) is 2. The molecule has 3 nitrogen and oxygen atoms in total. The highest BCUT2D eigenvalue weighted by molar-refractivity contribution is 8.00. The Hall–Kier alpha value is -0.850. The Labute approximate surface area is 103 Å². The zero-order valence-corrected chi connectivity index (χ0v) is 10.7. The maximum Gasteiger partial charge on any atom is 0.441 e. The number of rotatable bonds is 5. The molecule has 0 radical (unpaired) electrons. The van der Waals surface area contributed by atoms with Crippen LogP contribution in [0.4, 0.5) is 18.9 Å². The van der Waals surface area contributed by atoms with Crippen molar-refractivity contribution in [1.82, 2.24) is 9.78 Å². The Bertz CT molecular complexity index is 374. The second-order valence-corrected chi connectivity index (χ2v) is 4.69. The van der Waals surface area contributed by atoms with E-state index in [1.807, 2.05) is 13.8 Å². The second kappa shape index (κ2) is 5.66. The zero-order chi connectivity index (χ0) is 13.1. The van der Waals surface area contributed by atoms with Gasteiger partial charge in [-0.2, -0.15) is 18.3 Å². The van der Waals surface area contributed by atoms with E-state index in [2.05, 4.69) is 5.10 Å². The van der Waals surface area contributed by atoms with Crippen molar-refractivity contribution in [3.05, 3.63) is 11.4 Å². The molecule has 1 rings (SSSR count). The molecule has 0 aliphatic carbocycles. The molecule has 0 saturated heterocycles. The van der Waals surface area contributed by atoms with Gasteiger partial charge in [-0.3, -0.25) is 4.68 Å². The summed E-state index contributed by atoms with van der Waals surface area (Å²) < 4.78 is 37.6. The topological polar surface area (TPSA) is 43.8 Å². The van der Waals surface area contributed by atoms with Gasteiger partial charge in [-0.15, -0.1) is 0 Å². The summed E-state index contributed by atoms with van der Waals surface area (Å²) >= 11 is -0.0313. The molecule has 0 aliphatic heterocycles. The van der Waals surface area contributed by atoms with Crippen LogP contribution in [-0.2, 0) is 19.4 Å². The molecule has 0 amide bonds. The van der Waals surface area contributed by atoms with Gasteiger partial charge in [-0.05, 0) is 24.6 Å². The van der Waals surface area contributed by atoms with Crippen molar-refractivity contribution in [3.8, 4) is 0 Å². The van der Waals surface area contributed by atoms with Gasteiger partial charge in [0.2, 0.25) is 0 Å². The van der Waals surface area contributed by atoms with Crippen LogP contribution in [-0.4, -0.2) is 21.0 Å². The van der Waals surface area contributed by atoms with Crippen LogP contribution in [0.3, 0.4) is 0 Å². The molecular formula is C10H16F3N3S. The smallest absolute Gasteiger partial charge is 0.396 e. The van der Waals surface area contributed by atoms with Gasteiger partial charge >= 0.3 is 5.51 Å². The predicted octanol–water partition coefficient (Wildman–Crippen LogP) is 2.84. The molecule has 0 unspecified atom stereocenters. The molecule has 0 aliphatic rings. The van der Waals surface area contributed by atoms with Crippen LogP contribution in [0, 0.1) is 0 Å². The van der Waals surface area contributed by atoms with Crippen molar-refractivity contribution < 1.29 is 13.2 Å². The Morgan fingerprint density at radius 2 is 1.94 bits per heavy atom. The van der Waals surface area contributed by atoms with Gasteiger partial charge < -0.3 is 5.73 Å². The maximum atomic E-state index is 12.0. The largest absolute Gasteiger partial charge is 0.441 e. The minimum Gasteiger partial charge on any atom is -0.396 e. The Morgan fingerprint density at radius 1 is 1.29 bits per heavy atom. The molecule has 0 saturated carbocycles. The van der Waals surface area contributed by atoms with Crippen molar-refractivity contribution in [2.24, 2.45) is 0 Å². The summed E-state index contributed by atoms with van der Waals surface area (Å²) in [4.78, 5) is 0. The van der Waals surface area contributed by atoms with E-state index in [1.165, 1.54) is 0 Å². The summed E-state index contributed by atoms with van der Waals surface area (Å²) in [5, 5.41) is 4.23. The molecule has 7 heteroatoms. The van der Waals surface area contributed by atoms with Crippen LogP contribution in [0.25, 0.3) is 0 Å². The number of nitrogen functional groups attached to an aromatic ring is 1. The van der Waals surface area contributed by atoms with E-state index < -0.39 is 5.51 Å². The minimum atomic E-state index is -4.18. The summed E-state index contributed by atoms with van der Waals surface area (Å²) in [6.45, 7) is 4.07. The fraction of sp³-hybridized carbons (Fsp3) is 0.700. The Balaban J connectivity index is 2.70. The van der Waals surface area contributed by atoms with E-state index in [9.17, 15) is 13.2 Å². The van der Waals surface area contributed by atoms with Crippen LogP contribution in [0.15, 0.2) is 0 Å². The Kier molecular flexibility index (Phi) is 4.73. The van der Waals surface area contributed by atoms with Crippen molar-refractivity contribution in [2.75, 3.05) is 11.5 Å². The van der Waals surface area contributed by atoms with Gasteiger partial charge in [0.1, 0.15) is 0 Å². The molecule has 1 heterocycles. The number of aryl methyl sites for hydroxylation is 2. The third-order valence-electron chi connectivity index (χ3n) is 2.41. The predicted molar refractivity (Wildman–Crippen MR) is 63.9 cm³/mol. The monoisotopic (exact) mass is 267 g/mol. The van der Waals surface area contributed by atoms with E-state index >= 15 is 0 Å². The first-order chi connectivity index (χ1) is 7.89. The lowest BCUT2D eigenvalue weighted by Gasteiger charge is -2.07. The molecule has 0 aromatic carbocycles. The van der Waals surface area contributed by atoms with Gasteiger partial charge in [-0.1, -0.05) is 13.8 Å². The average molecular weight is 267 g/mol. The second-order valence-electron chi connectivity index (χ2n) is 3.53. The SMILES string of the molecule is CCc1nn(CCSC(F)(F)F)c(CC)c1N. The summed E-state index contributed by atoms with van der Waals surface area (Å²) in [6, 6.07) is 0. The maximum absolute atomic E-state index is 12.0. The fourth-order valence-electron chi connectivity index (χ4n) is 1.63. The quantitative estimate of drug-likeness (QED) is 0.892. The van der Waals surface area contributed by atoms with E-state index in [-0.39, 0.29) is 24.1 Å². The van der Waals surface area contributed by atoms with Gasteiger partial charge in [0, 0.05) is 5.75 Å². The molecule has 17 heavy (non-hydrogen) atoms. The number of halogens is 3. The highest BCUT2D eigenvalue weighted by Gasteiger charge is 2.27. The zero-order valence-electron chi connectivity index (χ0n) is 9.84.